The average Bonchev–Trinajstić information content (AvgIpc) is 3.13. The Bertz CT molecular complexity index is 526. The molecule has 0 bridgehead atoms. The second-order valence-corrected chi connectivity index (χ2v) is 7.03. The molecule has 1 aromatic rings. The molecule has 3 rings (SSSR count). The largest absolute Gasteiger partial charge is 0.497 e. The van der Waals surface area contributed by atoms with Crippen molar-refractivity contribution in [2.45, 2.75) is 25.8 Å². The second-order valence-electron chi connectivity index (χ2n) is 7.03. The van der Waals surface area contributed by atoms with Gasteiger partial charge in [-0.25, -0.2) is 0 Å². The lowest BCUT2D eigenvalue weighted by Crippen LogP contribution is -2.46. The van der Waals surface area contributed by atoms with Crippen molar-refractivity contribution in [3.8, 4) is 5.75 Å². The first-order chi connectivity index (χ1) is 11.7. The van der Waals surface area contributed by atoms with Gasteiger partial charge < -0.3 is 20.3 Å². The number of piperidine rings is 1. The van der Waals surface area contributed by atoms with Gasteiger partial charge in [-0.2, -0.15) is 0 Å². The van der Waals surface area contributed by atoms with Crippen molar-refractivity contribution in [2.24, 2.45) is 11.8 Å². The number of hydrogen-bond donors (Lipinski definition) is 2. The van der Waals surface area contributed by atoms with Crippen molar-refractivity contribution < 1.29 is 9.53 Å². The Hall–Kier alpha value is -1.59. The fourth-order valence-corrected chi connectivity index (χ4v) is 3.78. The Morgan fingerprint density at radius 2 is 2.00 bits per heavy atom. The van der Waals surface area contributed by atoms with E-state index in [9.17, 15) is 4.79 Å². The zero-order chi connectivity index (χ0) is 16.8. The highest BCUT2D eigenvalue weighted by Gasteiger charge is 2.28. The maximum absolute atomic E-state index is 12.5. The van der Waals surface area contributed by atoms with Gasteiger partial charge in [-0.1, -0.05) is 12.1 Å². The van der Waals surface area contributed by atoms with Gasteiger partial charge in [0.05, 0.1) is 13.0 Å². The van der Waals surface area contributed by atoms with Crippen molar-refractivity contribution in [2.75, 3.05) is 39.8 Å². The standard InChI is InChI=1S/C19H29N3O2/c1-24-18-6-4-15(5-7-18)12-21-19(23)17-10-16(11-20-13-17)14-22-8-2-3-9-22/h4-7,16-17,20H,2-3,8-14H2,1H3,(H,21,23)/t16-,17+/m0/s1. The van der Waals surface area contributed by atoms with Crippen LogP contribution in [0.25, 0.3) is 0 Å². The summed E-state index contributed by atoms with van der Waals surface area (Å²) in [6.45, 7) is 6.00. The molecule has 0 spiro atoms. The van der Waals surface area contributed by atoms with E-state index in [4.69, 9.17) is 4.74 Å². The normalized spacial score (nSPS) is 24.7. The third-order valence-electron chi connectivity index (χ3n) is 5.15. The van der Waals surface area contributed by atoms with E-state index in [0.29, 0.717) is 12.5 Å². The van der Waals surface area contributed by atoms with Gasteiger partial charge in [-0.05, 0) is 62.5 Å². The quantitative estimate of drug-likeness (QED) is 0.832. The minimum absolute atomic E-state index is 0.0876. The van der Waals surface area contributed by atoms with Gasteiger partial charge in [0.15, 0.2) is 0 Å². The molecule has 1 amide bonds. The minimum atomic E-state index is 0.0876. The van der Waals surface area contributed by atoms with Gasteiger partial charge >= 0.3 is 0 Å². The first kappa shape index (κ1) is 17.2. The summed E-state index contributed by atoms with van der Waals surface area (Å²) >= 11 is 0. The molecule has 1 aromatic carbocycles. The van der Waals surface area contributed by atoms with Crippen molar-refractivity contribution in [1.29, 1.82) is 0 Å². The molecule has 0 radical (unpaired) electrons. The average molecular weight is 331 g/mol. The molecule has 2 aliphatic rings. The summed E-state index contributed by atoms with van der Waals surface area (Å²) in [4.78, 5) is 15.0. The van der Waals surface area contributed by atoms with E-state index in [0.717, 1.165) is 37.4 Å². The molecule has 5 heteroatoms. The maximum Gasteiger partial charge on any atom is 0.224 e. The molecule has 0 unspecified atom stereocenters. The van der Waals surface area contributed by atoms with Gasteiger partial charge in [-0.3, -0.25) is 4.79 Å². The first-order valence-electron chi connectivity index (χ1n) is 9.08. The molecule has 2 saturated heterocycles. The molecule has 24 heavy (non-hydrogen) atoms. The van der Waals surface area contributed by atoms with Crippen LogP contribution in [0.15, 0.2) is 24.3 Å². The number of methoxy groups -OCH3 is 1. The Kier molecular flexibility index (Phi) is 6.10. The number of amides is 1. The van der Waals surface area contributed by atoms with Crippen LogP contribution in [0.4, 0.5) is 0 Å². The SMILES string of the molecule is COc1ccc(CNC(=O)[C@H]2CNC[C@@H](CN3CCCC3)C2)cc1. The Labute approximate surface area is 144 Å². The molecular weight excluding hydrogens is 302 g/mol. The summed E-state index contributed by atoms with van der Waals surface area (Å²) in [7, 11) is 1.66. The molecule has 2 heterocycles. The van der Waals surface area contributed by atoms with Crippen molar-refractivity contribution >= 4 is 5.91 Å². The van der Waals surface area contributed by atoms with Crippen molar-refractivity contribution in [3.05, 3.63) is 29.8 Å². The fraction of sp³-hybridized carbons (Fsp3) is 0.632. The molecule has 2 aliphatic heterocycles. The van der Waals surface area contributed by atoms with E-state index in [1.807, 2.05) is 24.3 Å². The number of carbonyl (C=O) groups excluding carboxylic acids is 1. The molecule has 132 valence electrons. The van der Waals surface area contributed by atoms with Crippen molar-refractivity contribution in [1.82, 2.24) is 15.5 Å². The molecule has 0 aliphatic carbocycles. The molecule has 5 nitrogen and oxygen atoms in total. The number of benzene rings is 1. The Balaban J connectivity index is 1.44. The van der Waals surface area contributed by atoms with E-state index in [1.54, 1.807) is 7.11 Å². The van der Waals surface area contributed by atoms with Crippen LogP contribution in [-0.4, -0.2) is 50.6 Å². The summed E-state index contributed by atoms with van der Waals surface area (Å²) in [6, 6.07) is 7.84. The number of likely N-dealkylation sites (tertiary alicyclic amines) is 1. The third-order valence-corrected chi connectivity index (χ3v) is 5.15. The molecule has 2 N–H and O–H groups in total. The zero-order valence-corrected chi connectivity index (χ0v) is 14.6. The molecule has 0 saturated carbocycles. The summed E-state index contributed by atoms with van der Waals surface area (Å²) in [5.41, 5.74) is 1.10. The molecule has 2 fully saturated rings. The fourth-order valence-electron chi connectivity index (χ4n) is 3.78. The third kappa shape index (κ3) is 4.71. The van der Waals surface area contributed by atoms with Gasteiger partial charge in [0.1, 0.15) is 5.75 Å². The molecular formula is C19H29N3O2. The lowest BCUT2D eigenvalue weighted by Gasteiger charge is -2.31. The highest BCUT2D eigenvalue weighted by molar-refractivity contribution is 5.79. The number of nitrogens with zero attached hydrogens (tertiary/aromatic N) is 1. The smallest absolute Gasteiger partial charge is 0.224 e. The Morgan fingerprint density at radius 3 is 2.71 bits per heavy atom. The van der Waals surface area contributed by atoms with Crippen LogP contribution >= 0.6 is 0 Å². The van der Waals surface area contributed by atoms with Crippen LogP contribution in [0.2, 0.25) is 0 Å². The van der Waals surface area contributed by atoms with Crippen LogP contribution in [0.1, 0.15) is 24.8 Å². The number of carbonyl (C=O) groups is 1. The highest BCUT2D eigenvalue weighted by atomic mass is 16.5. The summed E-state index contributed by atoms with van der Waals surface area (Å²) in [5, 5.41) is 6.54. The lowest BCUT2D eigenvalue weighted by atomic mass is 9.89. The number of nitrogens with one attached hydrogen (secondary N) is 2. The lowest BCUT2D eigenvalue weighted by molar-refractivity contribution is -0.126. The number of rotatable bonds is 6. The van der Waals surface area contributed by atoms with E-state index in [1.165, 1.54) is 25.9 Å². The van der Waals surface area contributed by atoms with Crippen molar-refractivity contribution in [3.63, 3.8) is 0 Å². The first-order valence-corrected chi connectivity index (χ1v) is 9.08. The van der Waals surface area contributed by atoms with Crippen LogP contribution in [0, 0.1) is 11.8 Å². The summed E-state index contributed by atoms with van der Waals surface area (Å²) in [5.74, 6) is 1.69. The number of hydrogen-bond acceptors (Lipinski definition) is 4. The van der Waals surface area contributed by atoms with Gasteiger partial charge in [-0.15, -0.1) is 0 Å². The highest BCUT2D eigenvalue weighted by Crippen LogP contribution is 2.20. The van der Waals surface area contributed by atoms with Crippen LogP contribution in [0.5, 0.6) is 5.75 Å². The van der Waals surface area contributed by atoms with E-state index in [-0.39, 0.29) is 11.8 Å². The van der Waals surface area contributed by atoms with Crippen LogP contribution in [0.3, 0.4) is 0 Å². The second kappa shape index (κ2) is 8.49. The zero-order valence-electron chi connectivity index (χ0n) is 14.6. The summed E-state index contributed by atoms with van der Waals surface area (Å²) < 4.78 is 5.16. The van der Waals surface area contributed by atoms with Crippen LogP contribution < -0.4 is 15.4 Å². The predicted molar refractivity (Wildman–Crippen MR) is 95.0 cm³/mol. The van der Waals surface area contributed by atoms with E-state index >= 15 is 0 Å². The monoisotopic (exact) mass is 331 g/mol. The molecule has 0 aromatic heterocycles. The van der Waals surface area contributed by atoms with Gasteiger partial charge in [0.25, 0.3) is 0 Å². The Morgan fingerprint density at radius 1 is 1.25 bits per heavy atom. The predicted octanol–water partition coefficient (Wildman–Crippen LogP) is 1.63. The minimum Gasteiger partial charge on any atom is -0.497 e. The molecule has 2 atom stereocenters. The summed E-state index contributed by atoms with van der Waals surface area (Å²) in [6.07, 6.45) is 3.65. The van der Waals surface area contributed by atoms with Crippen LogP contribution in [-0.2, 0) is 11.3 Å². The van der Waals surface area contributed by atoms with E-state index in [2.05, 4.69) is 15.5 Å². The van der Waals surface area contributed by atoms with E-state index < -0.39 is 0 Å². The van der Waals surface area contributed by atoms with Gasteiger partial charge in [0.2, 0.25) is 5.91 Å². The number of ether oxygens (including phenoxy) is 1. The topological polar surface area (TPSA) is 53.6 Å². The van der Waals surface area contributed by atoms with Gasteiger partial charge in [0, 0.05) is 19.6 Å². The maximum atomic E-state index is 12.5.